The lowest BCUT2D eigenvalue weighted by Crippen LogP contribution is -2.43. The van der Waals surface area contributed by atoms with E-state index in [4.69, 9.17) is 9.84 Å². The highest BCUT2D eigenvalue weighted by Crippen LogP contribution is 2.21. The molecule has 0 heterocycles. The van der Waals surface area contributed by atoms with E-state index in [1.165, 1.54) is 10.8 Å². The van der Waals surface area contributed by atoms with Gasteiger partial charge >= 0.3 is 0 Å². The van der Waals surface area contributed by atoms with Crippen LogP contribution in [0.3, 0.4) is 0 Å². The third-order valence-corrected chi connectivity index (χ3v) is 8.73. The minimum atomic E-state index is -1.66. The second kappa shape index (κ2) is 11.1. The number of aliphatic hydroxyl groups is 1. The Morgan fingerprint density at radius 1 is 0.962 bits per heavy atom. The molecule has 2 aromatic rings. The standard InChI is InChI=1S/C23H32O2Si/c1-26(2,22-14-7-4-8-15-22)23(16-9-10-18-24)17-11-19-25-20-21-12-5-3-6-13-21/h3-8,12-16,24H,9-11,17-20H2,1-2H3/b23-16-. The first kappa shape index (κ1) is 20.6. The molecule has 0 amide bonds. The summed E-state index contributed by atoms with van der Waals surface area (Å²) in [6.07, 6.45) is 6.30. The van der Waals surface area contributed by atoms with Crippen molar-refractivity contribution in [2.24, 2.45) is 0 Å². The minimum Gasteiger partial charge on any atom is -0.396 e. The maximum absolute atomic E-state index is 9.12. The van der Waals surface area contributed by atoms with E-state index in [0.717, 1.165) is 32.3 Å². The van der Waals surface area contributed by atoms with E-state index in [2.05, 4.69) is 73.8 Å². The predicted octanol–water partition coefficient (Wildman–Crippen LogP) is 4.84. The second-order valence-electron chi connectivity index (χ2n) is 7.23. The van der Waals surface area contributed by atoms with Crippen LogP contribution in [0, 0.1) is 0 Å². The number of aliphatic hydroxyl groups excluding tert-OH is 1. The molecule has 0 saturated carbocycles. The van der Waals surface area contributed by atoms with Gasteiger partial charge in [-0.15, -0.1) is 0 Å². The molecule has 26 heavy (non-hydrogen) atoms. The van der Waals surface area contributed by atoms with Gasteiger partial charge in [0, 0.05) is 13.2 Å². The molecular weight excluding hydrogens is 336 g/mol. The number of hydrogen-bond donors (Lipinski definition) is 1. The summed E-state index contributed by atoms with van der Waals surface area (Å²) < 4.78 is 5.86. The number of allylic oxidation sites excluding steroid dienone is 2. The second-order valence-corrected chi connectivity index (χ2v) is 11.7. The lowest BCUT2D eigenvalue weighted by atomic mass is 10.2. The summed E-state index contributed by atoms with van der Waals surface area (Å²) in [4.78, 5) is 0. The molecule has 1 N–H and O–H groups in total. The van der Waals surface area contributed by atoms with Crippen LogP contribution in [-0.4, -0.2) is 26.4 Å². The normalized spacial score (nSPS) is 12.3. The van der Waals surface area contributed by atoms with E-state index in [1.807, 2.05) is 6.07 Å². The summed E-state index contributed by atoms with van der Waals surface area (Å²) in [5, 5.41) is 12.2. The number of benzene rings is 2. The van der Waals surface area contributed by atoms with Gasteiger partial charge in [-0.2, -0.15) is 0 Å². The molecule has 0 aliphatic carbocycles. The Labute approximate surface area is 159 Å². The molecule has 3 heteroatoms. The Kier molecular flexibility index (Phi) is 8.82. The van der Waals surface area contributed by atoms with E-state index in [9.17, 15) is 0 Å². The van der Waals surface area contributed by atoms with Gasteiger partial charge in [-0.1, -0.05) is 90.2 Å². The molecule has 0 radical (unpaired) electrons. The van der Waals surface area contributed by atoms with Gasteiger partial charge in [-0.3, -0.25) is 0 Å². The Balaban J connectivity index is 1.91. The number of rotatable bonds is 11. The average Bonchev–Trinajstić information content (AvgIpc) is 2.68. The molecule has 2 rings (SSSR count). The summed E-state index contributed by atoms with van der Waals surface area (Å²) in [5.41, 5.74) is 1.23. The van der Waals surface area contributed by atoms with Crippen molar-refractivity contribution < 1.29 is 9.84 Å². The zero-order valence-corrected chi connectivity index (χ0v) is 17.2. The fraction of sp³-hybridized carbons (Fsp3) is 0.391. The van der Waals surface area contributed by atoms with Gasteiger partial charge in [0.2, 0.25) is 0 Å². The van der Waals surface area contributed by atoms with Crippen LogP contribution < -0.4 is 5.19 Å². The number of unbranched alkanes of at least 4 members (excludes halogenated alkanes) is 1. The predicted molar refractivity (Wildman–Crippen MR) is 113 cm³/mol. The Hall–Kier alpha value is -1.68. The first-order chi connectivity index (χ1) is 12.6. The van der Waals surface area contributed by atoms with Gasteiger partial charge in [-0.05, 0) is 31.2 Å². The van der Waals surface area contributed by atoms with Crippen LogP contribution in [0.25, 0.3) is 0 Å². The Morgan fingerprint density at radius 3 is 2.27 bits per heavy atom. The fourth-order valence-corrected chi connectivity index (χ4v) is 6.06. The largest absolute Gasteiger partial charge is 0.396 e. The van der Waals surface area contributed by atoms with Crippen molar-refractivity contribution >= 4 is 13.3 Å². The fourth-order valence-electron chi connectivity index (χ4n) is 3.21. The van der Waals surface area contributed by atoms with Gasteiger partial charge in [-0.25, -0.2) is 0 Å². The van der Waals surface area contributed by atoms with Crippen LogP contribution in [0.1, 0.15) is 31.2 Å². The molecule has 0 saturated heterocycles. The van der Waals surface area contributed by atoms with Crippen LogP contribution in [0.15, 0.2) is 71.9 Å². The highest BCUT2D eigenvalue weighted by atomic mass is 28.3. The SMILES string of the molecule is C[Si](C)(/C(=C\CCCO)CCCOCc1ccccc1)c1ccccc1. The summed E-state index contributed by atoms with van der Waals surface area (Å²) >= 11 is 0. The molecule has 0 spiro atoms. The lowest BCUT2D eigenvalue weighted by molar-refractivity contribution is 0.119. The van der Waals surface area contributed by atoms with Crippen molar-refractivity contribution in [2.45, 2.75) is 45.4 Å². The summed E-state index contributed by atoms with van der Waals surface area (Å²) in [6, 6.07) is 21.2. The maximum atomic E-state index is 9.12. The quantitative estimate of drug-likeness (QED) is 0.454. The van der Waals surface area contributed by atoms with Crippen molar-refractivity contribution in [3.05, 3.63) is 77.5 Å². The molecule has 0 aliphatic rings. The molecular formula is C23H32O2Si. The van der Waals surface area contributed by atoms with Crippen LogP contribution in [0.2, 0.25) is 13.1 Å². The monoisotopic (exact) mass is 368 g/mol. The molecule has 2 aromatic carbocycles. The Bertz CT molecular complexity index is 650. The maximum Gasteiger partial charge on any atom is 0.107 e. The molecule has 0 bridgehead atoms. The zero-order chi connectivity index (χ0) is 18.7. The number of hydrogen-bond acceptors (Lipinski definition) is 2. The third kappa shape index (κ3) is 6.56. The first-order valence-electron chi connectivity index (χ1n) is 9.62. The molecule has 0 unspecified atom stereocenters. The highest BCUT2D eigenvalue weighted by molar-refractivity contribution is 6.95. The summed E-state index contributed by atoms with van der Waals surface area (Å²) in [7, 11) is -1.66. The van der Waals surface area contributed by atoms with Gasteiger partial charge in [0.1, 0.15) is 8.07 Å². The van der Waals surface area contributed by atoms with Crippen LogP contribution in [0.5, 0.6) is 0 Å². The van der Waals surface area contributed by atoms with E-state index in [1.54, 1.807) is 5.20 Å². The summed E-state index contributed by atoms with van der Waals surface area (Å²) in [5.74, 6) is 0. The molecule has 0 fully saturated rings. The van der Waals surface area contributed by atoms with E-state index in [0.29, 0.717) is 6.61 Å². The summed E-state index contributed by atoms with van der Waals surface area (Å²) in [6.45, 7) is 6.59. The first-order valence-corrected chi connectivity index (χ1v) is 12.6. The molecule has 0 atom stereocenters. The van der Waals surface area contributed by atoms with Crippen LogP contribution in [0.4, 0.5) is 0 Å². The van der Waals surface area contributed by atoms with E-state index in [-0.39, 0.29) is 6.61 Å². The van der Waals surface area contributed by atoms with Crippen molar-refractivity contribution in [1.82, 2.24) is 0 Å². The topological polar surface area (TPSA) is 29.5 Å². The van der Waals surface area contributed by atoms with Gasteiger partial charge < -0.3 is 9.84 Å². The van der Waals surface area contributed by atoms with Crippen molar-refractivity contribution in [1.29, 1.82) is 0 Å². The molecule has 2 nitrogen and oxygen atoms in total. The van der Waals surface area contributed by atoms with Gasteiger partial charge in [0.15, 0.2) is 0 Å². The third-order valence-electron chi connectivity index (χ3n) is 4.90. The van der Waals surface area contributed by atoms with E-state index >= 15 is 0 Å². The smallest absolute Gasteiger partial charge is 0.107 e. The molecule has 0 aliphatic heterocycles. The van der Waals surface area contributed by atoms with Gasteiger partial charge in [0.05, 0.1) is 6.61 Å². The van der Waals surface area contributed by atoms with E-state index < -0.39 is 8.07 Å². The minimum absolute atomic E-state index is 0.261. The average molecular weight is 369 g/mol. The number of ether oxygens (including phenoxy) is 1. The Morgan fingerprint density at radius 2 is 1.62 bits per heavy atom. The van der Waals surface area contributed by atoms with Crippen molar-refractivity contribution in [3.63, 3.8) is 0 Å². The van der Waals surface area contributed by atoms with Crippen LogP contribution in [-0.2, 0) is 11.3 Å². The van der Waals surface area contributed by atoms with Crippen molar-refractivity contribution in [3.8, 4) is 0 Å². The molecule has 0 aromatic heterocycles. The van der Waals surface area contributed by atoms with Crippen molar-refractivity contribution in [2.75, 3.05) is 13.2 Å². The molecule has 140 valence electrons. The highest BCUT2D eigenvalue weighted by Gasteiger charge is 2.27. The van der Waals surface area contributed by atoms with Crippen LogP contribution >= 0.6 is 0 Å². The van der Waals surface area contributed by atoms with Gasteiger partial charge in [0.25, 0.3) is 0 Å². The lowest BCUT2D eigenvalue weighted by Gasteiger charge is -2.27. The zero-order valence-electron chi connectivity index (χ0n) is 16.2.